The van der Waals surface area contributed by atoms with Gasteiger partial charge < -0.3 is 0 Å². The van der Waals surface area contributed by atoms with Crippen molar-refractivity contribution in [2.45, 2.75) is 0 Å². The summed E-state index contributed by atoms with van der Waals surface area (Å²) in [5.41, 5.74) is 8.00. The van der Waals surface area contributed by atoms with Crippen molar-refractivity contribution >= 4 is 32.3 Å². The molecule has 0 unspecified atom stereocenters. The van der Waals surface area contributed by atoms with Crippen LogP contribution in [0, 0.1) is 0 Å². The van der Waals surface area contributed by atoms with Crippen molar-refractivity contribution < 1.29 is 0 Å². The van der Waals surface area contributed by atoms with Crippen LogP contribution in [0.15, 0.2) is 109 Å². The molecule has 0 bridgehead atoms. The molecule has 0 radical (unpaired) electrons. The maximum absolute atomic E-state index is 2.41. The average Bonchev–Trinajstić information content (AvgIpc) is 3.14. The first kappa shape index (κ1) is 16.0. The maximum atomic E-state index is 2.41. The summed E-state index contributed by atoms with van der Waals surface area (Å²) in [7, 11) is 0. The van der Waals surface area contributed by atoms with E-state index >= 15 is 0 Å². The highest BCUT2D eigenvalue weighted by Crippen LogP contribution is 2.53. The number of fused-ring (bicyclic) bond motifs is 7. The molecule has 6 aromatic rings. The van der Waals surface area contributed by atoms with E-state index in [0.29, 0.717) is 0 Å². The molecule has 0 nitrogen and oxygen atoms in total. The lowest BCUT2D eigenvalue weighted by molar-refractivity contribution is 1.62. The minimum absolute atomic E-state index is 1.27. The first-order valence-electron chi connectivity index (χ1n) is 10.5. The van der Waals surface area contributed by atoms with Crippen LogP contribution in [0.3, 0.4) is 0 Å². The van der Waals surface area contributed by atoms with Crippen LogP contribution in [0.5, 0.6) is 0 Å². The second-order valence-electron chi connectivity index (χ2n) is 8.13. The Morgan fingerprint density at radius 3 is 2.00 bits per heavy atom. The highest BCUT2D eigenvalue weighted by Gasteiger charge is 2.25. The van der Waals surface area contributed by atoms with E-state index in [1.54, 1.807) is 0 Å². The van der Waals surface area contributed by atoms with Gasteiger partial charge in [0.25, 0.3) is 0 Å². The number of benzene rings is 6. The molecule has 0 fully saturated rings. The molecular formula is C30H18. The fraction of sp³-hybridized carbons (Fsp3) is 0. The summed E-state index contributed by atoms with van der Waals surface area (Å²) in [6, 6.07) is 40.0. The van der Waals surface area contributed by atoms with Crippen molar-refractivity contribution in [2.75, 3.05) is 0 Å². The molecule has 0 N–H and O–H groups in total. The van der Waals surface area contributed by atoms with Crippen LogP contribution in [0.25, 0.3) is 65.7 Å². The first-order valence-corrected chi connectivity index (χ1v) is 10.5. The Kier molecular flexibility index (Phi) is 3.09. The Morgan fingerprint density at radius 1 is 0.367 bits per heavy atom. The monoisotopic (exact) mass is 378 g/mol. The van der Waals surface area contributed by atoms with Crippen molar-refractivity contribution in [3.05, 3.63) is 109 Å². The van der Waals surface area contributed by atoms with Crippen LogP contribution in [0.1, 0.15) is 0 Å². The van der Waals surface area contributed by atoms with Gasteiger partial charge in [-0.05, 0) is 71.8 Å². The second kappa shape index (κ2) is 5.81. The van der Waals surface area contributed by atoms with Gasteiger partial charge in [0.05, 0.1) is 0 Å². The molecule has 0 heteroatoms. The summed E-state index contributed by atoms with van der Waals surface area (Å²) in [6.45, 7) is 0. The summed E-state index contributed by atoms with van der Waals surface area (Å²) in [5, 5.41) is 8.04. The predicted molar refractivity (Wildman–Crippen MR) is 129 cm³/mol. The second-order valence-corrected chi connectivity index (χ2v) is 8.13. The Labute approximate surface area is 175 Å². The van der Waals surface area contributed by atoms with E-state index in [-0.39, 0.29) is 0 Å². The van der Waals surface area contributed by atoms with Crippen LogP contribution in [-0.4, -0.2) is 0 Å². The largest absolute Gasteiger partial charge is 0.0622 e. The highest BCUT2D eigenvalue weighted by molar-refractivity contribution is 6.29. The third-order valence-electron chi connectivity index (χ3n) is 6.57. The van der Waals surface area contributed by atoms with E-state index in [2.05, 4.69) is 109 Å². The number of hydrogen-bond donors (Lipinski definition) is 0. The minimum atomic E-state index is 1.27. The lowest BCUT2D eigenvalue weighted by Gasteiger charge is -2.12. The summed E-state index contributed by atoms with van der Waals surface area (Å²) < 4.78 is 0. The molecule has 0 heterocycles. The molecule has 0 aromatic heterocycles. The van der Waals surface area contributed by atoms with E-state index in [0.717, 1.165) is 0 Å². The van der Waals surface area contributed by atoms with E-state index in [9.17, 15) is 0 Å². The minimum Gasteiger partial charge on any atom is -0.0622 e. The SMILES string of the molecule is c1ccc(-c2cccc3c2-c2cc4ccc5ccccc5c4c4cccc-3c24)cc1. The van der Waals surface area contributed by atoms with Gasteiger partial charge in [-0.25, -0.2) is 0 Å². The molecule has 0 atom stereocenters. The van der Waals surface area contributed by atoms with Gasteiger partial charge in [0.2, 0.25) is 0 Å². The van der Waals surface area contributed by atoms with Crippen molar-refractivity contribution in [3.63, 3.8) is 0 Å². The van der Waals surface area contributed by atoms with E-state index < -0.39 is 0 Å². The summed E-state index contributed by atoms with van der Waals surface area (Å²) >= 11 is 0. The van der Waals surface area contributed by atoms with Crippen LogP contribution in [-0.2, 0) is 0 Å². The van der Waals surface area contributed by atoms with Crippen molar-refractivity contribution in [1.29, 1.82) is 0 Å². The van der Waals surface area contributed by atoms with Crippen LogP contribution < -0.4 is 0 Å². The standard InChI is InChI=1S/C30H18/c1-2-8-19(9-3-1)23-12-6-13-24-25-14-7-15-26-28-21(18-27(29(23)24)30(25)26)17-16-20-10-4-5-11-22(20)28/h1-18H. The maximum Gasteiger partial charge on any atom is -0.00195 e. The molecule has 0 saturated heterocycles. The molecule has 1 aliphatic rings. The molecule has 0 spiro atoms. The van der Waals surface area contributed by atoms with Gasteiger partial charge in [-0.3, -0.25) is 0 Å². The summed E-state index contributed by atoms with van der Waals surface area (Å²) in [5.74, 6) is 0. The van der Waals surface area contributed by atoms with E-state index in [1.807, 2.05) is 0 Å². The van der Waals surface area contributed by atoms with Crippen molar-refractivity contribution in [3.8, 4) is 33.4 Å². The molecular weight excluding hydrogens is 360 g/mol. The van der Waals surface area contributed by atoms with Gasteiger partial charge in [0.15, 0.2) is 0 Å². The zero-order valence-corrected chi connectivity index (χ0v) is 16.4. The van der Waals surface area contributed by atoms with Crippen molar-refractivity contribution in [1.82, 2.24) is 0 Å². The van der Waals surface area contributed by atoms with Crippen molar-refractivity contribution in [2.24, 2.45) is 0 Å². The average molecular weight is 378 g/mol. The fourth-order valence-electron chi connectivity index (χ4n) is 5.33. The van der Waals surface area contributed by atoms with Gasteiger partial charge in [0, 0.05) is 0 Å². The van der Waals surface area contributed by atoms with Gasteiger partial charge in [0.1, 0.15) is 0 Å². The van der Waals surface area contributed by atoms with Gasteiger partial charge in [-0.1, -0.05) is 103 Å². The third-order valence-corrected chi connectivity index (χ3v) is 6.57. The Balaban J connectivity index is 1.68. The quantitative estimate of drug-likeness (QED) is 0.251. The number of rotatable bonds is 1. The molecule has 30 heavy (non-hydrogen) atoms. The van der Waals surface area contributed by atoms with Gasteiger partial charge in [-0.2, -0.15) is 0 Å². The summed E-state index contributed by atoms with van der Waals surface area (Å²) in [6.07, 6.45) is 0. The van der Waals surface area contributed by atoms with E-state index in [4.69, 9.17) is 0 Å². The topological polar surface area (TPSA) is 0 Å². The van der Waals surface area contributed by atoms with Gasteiger partial charge >= 0.3 is 0 Å². The van der Waals surface area contributed by atoms with Gasteiger partial charge in [-0.15, -0.1) is 0 Å². The molecule has 0 amide bonds. The summed E-state index contributed by atoms with van der Waals surface area (Å²) in [4.78, 5) is 0. The Morgan fingerprint density at radius 2 is 1.07 bits per heavy atom. The predicted octanol–water partition coefficient (Wildman–Crippen LogP) is 8.46. The smallest absolute Gasteiger partial charge is 0.00195 e. The zero-order valence-electron chi connectivity index (χ0n) is 16.4. The third kappa shape index (κ3) is 2.00. The molecule has 6 aromatic carbocycles. The molecule has 138 valence electrons. The fourth-order valence-corrected chi connectivity index (χ4v) is 5.33. The number of hydrogen-bond acceptors (Lipinski definition) is 0. The lowest BCUT2D eigenvalue weighted by Crippen LogP contribution is -1.85. The van der Waals surface area contributed by atoms with Crippen LogP contribution in [0.2, 0.25) is 0 Å². The normalized spacial score (nSPS) is 12.0. The van der Waals surface area contributed by atoms with E-state index in [1.165, 1.54) is 65.7 Å². The Hall–Kier alpha value is -3.90. The molecule has 1 aliphatic carbocycles. The zero-order chi connectivity index (χ0) is 19.7. The Bertz CT molecular complexity index is 1620. The molecule has 7 rings (SSSR count). The molecule has 0 aliphatic heterocycles. The van der Waals surface area contributed by atoms with Crippen LogP contribution >= 0.6 is 0 Å². The highest BCUT2D eigenvalue weighted by atomic mass is 14.3. The lowest BCUT2D eigenvalue weighted by atomic mass is 9.91. The molecule has 0 saturated carbocycles. The first-order chi connectivity index (χ1) is 14.9. The van der Waals surface area contributed by atoms with Crippen LogP contribution in [0.4, 0.5) is 0 Å².